The number of aliphatic imine (C=N–C) groups is 1. The number of hydrogen-bond donors (Lipinski definition) is 2. The third kappa shape index (κ3) is 5.22. The first-order chi connectivity index (χ1) is 11.3. The number of aromatic nitrogens is 3. The zero-order valence-electron chi connectivity index (χ0n) is 14.9. The Balaban J connectivity index is 1.88. The molecule has 6 nitrogen and oxygen atoms in total. The first-order valence-electron chi connectivity index (χ1n) is 9.21. The summed E-state index contributed by atoms with van der Waals surface area (Å²) in [5.74, 6) is 3.69. The van der Waals surface area contributed by atoms with Crippen LogP contribution in [0, 0.1) is 5.92 Å². The second kappa shape index (κ2) is 9.53. The van der Waals surface area contributed by atoms with Crippen molar-refractivity contribution in [1.29, 1.82) is 0 Å². The van der Waals surface area contributed by atoms with Crippen LogP contribution in [0.25, 0.3) is 0 Å². The highest BCUT2D eigenvalue weighted by atomic mass is 15.3. The van der Waals surface area contributed by atoms with Crippen molar-refractivity contribution in [1.82, 2.24) is 25.4 Å². The van der Waals surface area contributed by atoms with Crippen molar-refractivity contribution in [3.63, 3.8) is 0 Å². The van der Waals surface area contributed by atoms with Crippen molar-refractivity contribution in [3.8, 4) is 0 Å². The van der Waals surface area contributed by atoms with E-state index in [4.69, 9.17) is 4.99 Å². The van der Waals surface area contributed by atoms with Gasteiger partial charge in [-0.3, -0.25) is 0 Å². The number of nitrogens with one attached hydrogen (secondary N) is 2. The summed E-state index contributed by atoms with van der Waals surface area (Å²) in [5.41, 5.74) is 0. The Labute approximate surface area is 140 Å². The summed E-state index contributed by atoms with van der Waals surface area (Å²) >= 11 is 0. The van der Waals surface area contributed by atoms with Crippen molar-refractivity contribution in [2.45, 2.75) is 72.4 Å². The fourth-order valence-electron chi connectivity index (χ4n) is 3.00. The van der Waals surface area contributed by atoms with Gasteiger partial charge in [0.2, 0.25) is 0 Å². The minimum Gasteiger partial charge on any atom is -0.357 e. The van der Waals surface area contributed by atoms with Crippen molar-refractivity contribution < 1.29 is 0 Å². The van der Waals surface area contributed by atoms with Gasteiger partial charge in [0.1, 0.15) is 12.4 Å². The van der Waals surface area contributed by atoms with E-state index < -0.39 is 0 Å². The minimum absolute atomic E-state index is 0.591. The molecule has 23 heavy (non-hydrogen) atoms. The Morgan fingerprint density at radius 2 is 2.13 bits per heavy atom. The van der Waals surface area contributed by atoms with Crippen LogP contribution in [0.5, 0.6) is 0 Å². The Bertz CT molecular complexity index is 493. The van der Waals surface area contributed by atoms with Crippen molar-refractivity contribution in [2.24, 2.45) is 10.9 Å². The summed E-state index contributed by atoms with van der Waals surface area (Å²) in [6.07, 6.45) is 7.30. The average molecular weight is 320 g/mol. The van der Waals surface area contributed by atoms with Gasteiger partial charge in [-0.1, -0.05) is 33.1 Å². The van der Waals surface area contributed by atoms with Gasteiger partial charge in [0.05, 0.1) is 0 Å². The van der Waals surface area contributed by atoms with Gasteiger partial charge in [-0.25, -0.2) is 4.99 Å². The molecule has 0 saturated heterocycles. The maximum Gasteiger partial charge on any atom is 0.191 e. The lowest BCUT2D eigenvalue weighted by Gasteiger charge is -2.17. The number of unbranched alkanes of at least 4 members (excludes halogenated alkanes) is 1. The summed E-state index contributed by atoms with van der Waals surface area (Å²) < 4.78 is 2.21. The molecule has 0 fully saturated rings. The molecule has 0 amide bonds. The van der Waals surface area contributed by atoms with Gasteiger partial charge in [-0.05, 0) is 25.7 Å². The lowest BCUT2D eigenvalue weighted by atomic mass is 9.99. The fourth-order valence-corrected chi connectivity index (χ4v) is 3.00. The molecule has 0 aromatic carbocycles. The second-order valence-corrected chi connectivity index (χ2v) is 6.28. The number of aryl methyl sites for hydroxylation is 1. The Kier molecular flexibility index (Phi) is 7.36. The van der Waals surface area contributed by atoms with Crippen LogP contribution < -0.4 is 10.6 Å². The summed E-state index contributed by atoms with van der Waals surface area (Å²) in [4.78, 5) is 4.69. The van der Waals surface area contributed by atoms with Crippen LogP contribution in [-0.2, 0) is 19.5 Å². The molecule has 1 unspecified atom stereocenters. The molecule has 2 N–H and O–H groups in total. The van der Waals surface area contributed by atoms with Crippen LogP contribution in [0.3, 0.4) is 0 Å². The summed E-state index contributed by atoms with van der Waals surface area (Å²) in [6, 6.07) is 0. The average Bonchev–Trinajstić information content (AvgIpc) is 3.16. The molecule has 0 spiro atoms. The number of hydrogen-bond acceptors (Lipinski definition) is 3. The number of fused-ring (bicyclic) bond motifs is 1. The van der Waals surface area contributed by atoms with Crippen molar-refractivity contribution >= 4 is 5.96 Å². The van der Waals surface area contributed by atoms with Gasteiger partial charge in [-0.2, -0.15) is 0 Å². The van der Waals surface area contributed by atoms with E-state index in [-0.39, 0.29) is 0 Å². The Morgan fingerprint density at radius 1 is 1.26 bits per heavy atom. The Morgan fingerprint density at radius 3 is 2.87 bits per heavy atom. The molecular weight excluding hydrogens is 288 g/mol. The van der Waals surface area contributed by atoms with E-state index in [0.717, 1.165) is 49.6 Å². The molecule has 2 rings (SSSR count). The molecule has 0 saturated carbocycles. The van der Waals surface area contributed by atoms with E-state index >= 15 is 0 Å². The highest BCUT2D eigenvalue weighted by Gasteiger charge is 2.16. The van der Waals surface area contributed by atoms with Crippen LogP contribution in [0.1, 0.15) is 64.5 Å². The first kappa shape index (κ1) is 17.8. The summed E-state index contributed by atoms with van der Waals surface area (Å²) in [6.45, 7) is 10.1. The van der Waals surface area contributed by atoms with Crippen LogP contribution in [0.2, 0.25) is 0 Å². The largest absolute Gasteiger partial charge is 0.357 e. The molecule has 1 aromatic rings. The minimum atomic E-state index is 0.591. The van der Waals surface area contributed by atoms with Crippen LogP contribution >= 0.6 is 0 Å². The monoisotopic (exact) mass is 320 g/mol. The lowest BCUT2D eigenvalue weighted by molar-refractivity contribution is 0.443. The van der Waals surface area contributed by atoms with Gasteiger partial charge in [0.15, 0.2) is 11.8 Å². The number of guanidine groups is 1. The third-order valence-corrected chi connectivity index (χ3v) is 4.51. The topological polar surface area (TPSA) is 67.1 Å². The highest BCUT2D eigenvalue weighted by Crippen LogP contribution is 2.14. The Hall–Kier alpha value is -1.59. The zero-order chi connectivity index (χ0) is 16.5. The van der Waals surface area contributed by atoms with E-state index in [1.807, 2.05) is 0 Å². The summed E-state index contributed by atoms with van der Waals surface area (Å²) in [7, 11) is 0. The van der Waals surface area contributed by atoms with E-state index in [0.29, 0.717) is 6.54 Å². The number of rotatable bonds is 9. The first-order valence-corrected chi connectivity index (χ1v) is 9.21. The third-order valence-electron chi connectivity index (χ3n) is 4.51. The number of nitrogens with zero attached hydrogens (tertiary/aromatic N) is 4. The van der Waals surface area contributed by atoms with E-state index in [1.54, 1.807) is 0 Å². The molecule has 1 aromatic heterocycles. The standard InChI is InChI=1S/C17H32N6/c1-4-7-9-14(5-2)12-19-17(18-6-3)20-13-16-22-21-15-10-8-11-23(15)16/h14H,4-13H2,1-3H3,(H2,18,19,20). The zero-order valence-corrected chi connectivity index (χ0v) is 14.9. The smallest absolute Gasteiger partial charge is 0.191 e. The predicted molar refractivity (Wildman–Crippen MR) is 94.5 cm³/mol. The van der Waals surface area contributed by atoms with Gasteiger partial charge in [0.25, 0.3) is 0 Å². The fraction of sp³-hybridized carbons (Fsp3) is 0.824. The second-order valence-electron chi connectivity index (χ2n) is 6.28. The van der Waals surface area contributed by atoms with Crippen LogP contribution in [0.15, 0.2) is 4.99 Å². The molecular formula is C17H32N6. The molecule has 6 heteroatoms. The maximum absolute atomic E-state index is 4.69. The lowest BCUT2D eigenvalue weighted by Crippen LogP contribution is -2.39. The SMILES string of the molecule is CCCCC(CC)CNC(=NCc1nnc2n1CCC2)NCC. The van der Waals surface area contributed by atoms with Gasteiger partial charge in [-0.15, -0.1) is 10.2 Å². The predicted octanol–water partition coefficient (Wildman–Crippen LogP) is 2.50. The van der Waals surface area contributed by atoms with Gasteiger partial charge in [0, 0.05) is 26.1 Å². The van der Waals surface area contributed by atoms with Gasteiger partial charge >= 0.3 is 0 Å². The van der Waals surface area contributed by atoms with E-state index in [2.05, 4.69) is 46.2 Å². The van der Waals surface area contributed by atoms with E-state index in [9.17, 15) is 0 Å². The maximum atomic E-state index is 4.69. The molecule has 1 atom stereocenters. The molecule has 2 heterocycles. The quantitative estimate of drug-likeness (QED) is 0.542. The van der Waals surface area contributed by atoms with E-state index in [1.165, 1.54) is 32.1 Å². The molecule has 0 radical (unpaired) electrons. The molecule has 1 aliphatic rings. The molecule has 130 valence electrons. The molecule has 0 bridgehead atoms. The molecule has 0 aliphatic carbocycles. The van der Waals surface area contributed by atoms with Gasteiger partial charge < -0.3 is 15.2 Å². The normalized spacial score (nSPS) is 15.5. The van der Waals surface area contributed by atoms with Crippen LogP contribution in [0.4, 0.5) is 0 Å². The highest BCUT2D eigenvalue weighted by molar-refractivity contribution is 5.79. The van der Waals surface area contributed by atoms with Crippen molar-refractivity contribution in [2.75, 3.05) is 13.1 Å². The van der Waals surface area contributed by atoms with Crippen molar-refractivity contribution in [3.05, 3.63) is 11.6 Å². The van der Waals surface area contributed by atoms with Crippen LogP contribution in [-0.4, -0.2) is 33.8 Å². The molecule has 1 aliphatic heterocycles. The summed E-state index contributed by atoms with van der Waals surface area (Å²) in [5, 5.41) is 15.3.